The summed E-state index contributed by atoms with van der Waals surface area (Å²) in [6.07, 6.45) is 1.77. The van der Waals surface area contributed by atoms with E-state index in [1.54, 1.807) is 4.90 Å². The molecule has 1 saturated heterocycles. The summed E-state index contributed by atoms with van der Waals surface area (Å²) in [6, 6.07) is 9.60. The number of carbonyl (C=O) groups excluding carboxylic acids is 1. The van der Waals surface area contributed by atoms with Gasteiger partial charge in [-0.25, -0.2) is 0 Å². The summed E-state index contributed by atoms with van der Waals surface area (Å²) in [4.78, 5) is 14.5. The van der Waals surface area contributed by atoms with E-state index in [-0.39, 0.29) is 28.9 Å². The largest absolute Gasteiger partial charge is 0.508 e. The average Bonchev–Trinajstić information content (AvgIpc) is 2.73. The number of nitrogens with zero attached hydrogens (tertiary/aromatic N) is 1. The van der Waals surface area contributed by atoms with E-state index >= 15 is 0 Å². The second-order valence-electron chi connectivity index (χ2n) is 7.23. The van der Waals surface area contributed by atoms with Crippen molar-refractivity contribution in [1.82, 2.24) is 4.90 Å². The number of nitrogens with two attached hydrogens (primary N) is 1. The topological polar surface area (TPSA) is 108 Å². The molecule has 7 nitrogen and oxygen atoms in total. The van der Waals surface area contributed by atoms with Crippen LogP contribution in [0.4, 0.5) is 5.69 Å². The highest BCUT2D eigenvalue weighted by Gasteiger charge is 2.27. The van der Waals surface area contributed by atoms with Gasteiger partial charge in [-0.15, -0.1) is 0 Å². The van der Waals surface area contributed by atoms with Gasteiger partial charge in [-0.2, -0.15) is 0 Å². The fourth-order valence-electron chi connectivity index (χ4n) is 3.65. The zero-order valence-corrected chi connectivity index (χ0v) is 16.5. The van der Waals surface area contributed by atoms with Crippen LogP contribution in [-0.4, -0.2) is 47.8 Å². The first kappa shape index (κ1) is 20.4. The fraction of sp³-hybridized carbons (Fsp3) is 0.318. The van der Waals surface area contributed by atoms with Gasteiger partial charge in [0.25, 0.3) is 5.91 Å². The van der Waals surface area contributed by atoms with Gasteiger partial charge in [-0.3, -0.25) is 4.79 Å². The van der Waals surface area contributed by atoms with Crippen LogP contribution < -0.4 is 15.8 Å². The minimum absolute atomic E-state index is 0.0537. The van der Waals surface area contributed by atoms with Gasteiger partial charge in [0.15, 0.2) is 0 Å². The molecule has 154 valence electrons. The van der Waals surface area contributed by atoms with Gasteiger partial charge < -0.3 is 30.9 Å². The Morgan fingerprint density at radius 2 is 2.14 bits per heavy atom. The molecule has 0 saturated carbocycles. The lowest BCUT2D eigenvalue weighted by atomic mass is 9.98. The molecule has 1 amide bonds. The number of ether oxygens (including phenoxy) is 1. The maximum Gasteiger partial charge on any atom is 0.257 e. The number of nitrogens with one attached hydrogen (secondary N) is 1. The number of amides is 1. The number of benzene rings is 2. The molecule has 1 aliphatic heterocycles. The predicted molar refractivity (Wildman–Crippen MR) is 113 cm³/mol. The van der Waals surface area contributed by atoms with E-state index in [4.69, 9.17) is 10.5 Å². The maximum atomic E-state index is 12.8. The molecular weight excluding hydrogens is 370 g/mol. The molecule has 0 aliphatic carbocycles. The number of phenolic OH excluding ortho intramolecular Hbond substituents is 2. The number of likely N-dealkylation sites (tertiary alicyclic amines) is 1. The molecule has 2 aromatic carbocycles. The number of hydrogen-bond acceptors (Lipinski definition) is 6. The Labute approximate surface area is 170 Å². The van der Waals surface area contributed by atoms with Crippen LogP contribution in [0.1, 0.15) is 28.8 Å². The Kier molecular flexibility index (Phi) is 6.16. The maximum absolute atomic E-state index is 12.8. The molecule has 0 bridgehead atoms. The van der Waals surface area contributed by atoms with Crippen molar-refractivity contribution >= 4 is 17.3 Å². The van der Waals surface area contributed by atoms with Crippen LogP contribution in [0.2, 0.25) is 0 Å². The normalized spacial score (nSPS) is 16.3. The monoisotopic (exact) mass is 397 g/mol. The molecule has 0 spiro atoms. The number of hydrogen-bond donors (Lipinski definition) is 4. The minimum Gasteiger partial charge on any atom is -0.508 e. The number of anilines is 1. The third kappa shape index (κ3) is 4.56. The van der Waals surface area contributed by atoms with E-state index < -0.39 is 0 Å². The summed E-state index contributed by atoms with van der Waals surface area (Å²) in [5.41, 5.74) is 8.05. The second-order valence-corrected chi connectivity index (χ2v) is 7.23. The summed E-state index contributed by atoms with van der Waals surface area (Å²) in [5.74, 6) is 0.308. The van der Waals surface area contributed by atoms with Crippen LogP contribution in [0.5, 0.6) is 17.2 Å². The summed E-state index contributed by atoms with van der Waals surface area (Å²) < 4.78 is 6.05. The third-order valence-electron chi connectivity index (χ3n) is 5.11. The van der Waals surface area contributed by atoms with Gasteiger partial charge in [0.2, 0.25) is 0 Å². The standard InChI is InChI=1S/C22H27N3O4/c1-14(23)21-18(24-2)6-3-7-20(21)29-13-15-5-4-10-25(12-15)22(28)17-11-16(26)8-9-19(17)27/h3,6-9,11,15,24,26-27H,1,4-5,10,12-13,23H2,2H3. The first-order chi connectivity index (χ1) is 13.9. The van der Waals surface area contributed by atoms with E-state index in [0.717, 1.165) is 24.1 Å². The molecule has 29 heavy (non-hydrogen) atoms. The van der Waals surface area contributed by atoms with Gasteiger partial charge in [0.05, 0.1) is 17.7 Å². The number of aromatic hydroxyl groups is 2. The Balaban J connectivity index is 1.69. The highest BCUT2D eigenvalue weighted by Crippen LogP contribution is 2.31. The molecule has 1 fully saturated rings. The number of carbonyl (C=O) groups is 1. The van der Waals surface area contributed by atoms with Crippen molar-refractivity contribution in [3.05, 3.63) is 54.1 Å². The summed E-state index contributed by atoms with van der Waals surface area (Å²) in [6.45, 7) is 5.38. The van der Waals surface area contributed by atoms with Crippen molar-refractivity contribution in [3.63, 3.8) is 0 Å². The Hall–Kier alpha value is -3.35. The Morgan fingerprint density at radius 3 is 2.86 bits per heavy atom. The van der Waals surface area contributed by atoms with E-state index in [1.807, 2.05) is 25.2 Å². The summed E-state index contributed by atoms with van der Waals surface area (Å²) >= 11 is 0. The van der Waals surface area contributed by atoms with Crippen LogP contribution in [0.3, 0.4) is 0 Å². The number of rotatable bonds is 6. The van der Waals surface area contributed by atoms with Crippen LogP contribution in [0.15, 0.2) is 43.0 Å². The molecule has 2 aromatic rings. The van der Waals surface area contributed by atoms with E-state index in [1.165, 1.54) is 18.2 Å². The summed E-state index contributed by atoms with van der Waals surface area (Å²) in [5, 5.41) is 22.7. The minimum atomic E-state index is -0.295. The highest BCUT2D eigenvalue weighted by molar-refractivity contribution is 5.97. The molecule has 0 radical (unpaired) electrons. The molecular formula is C22H27N3O4. The smallest absolute Gasteiger partial charge is 0.257 e. The number of piperidine rings is 1. The van der Waals surface area contributed by atoms with E-state index in [9.17, 15) is 15.0 Å². The van der Waals surface area contributed by atoms with Crippen LogP contribution in [0.25, 0.3) is 5.70 Å². The lowest BCUT2D eigenvalue weighted by Crippen LogP contribution is -2.41. The van der Waals surface area contributed by atoms with Crippen molar-refractivity contribution < 1.29 is 19.7 Å². The van der Waals surface area contributed by atoms with Crippen molar-refractivity contribution in [1.29, 1.82) is 0 Å². The number of phenols is 2. The molecule has 1 atom stereocenters. The van der Waals surface area contributed by atoms with Gasteiger partial charge >= 0.3 is 0 Å². The Morgan fingerprint density at radius 1 is 1.34 bits per heavy atom. The zero-order chi connectivity index (χ0) is 21.0. The molecule has 1 heterocycles. The average molecular weight is 397 g/mol. The highest BCUT2D eigenvalue weighted by atomic mass is 16.5. The molecule has 5 N–H and O–H groups in total. The predicted octanol–water partition coefficient (Wildman–Crippen LogP) is 3.00. The van der Waals surface area contributed by atoms with Crippen LogP contribution in [0, 0.1) is 5.92 Å². The second kappa shape index (κ2) is 8.77. The first-order valence-electron chi connectivity index (χ1n) is 9.60. The van der Waals surface area contributed by atoms with Crippen molar-refractivity contribution in [2.75, 3.05) is 32.1 Å². The third-order valence-corrected chi connectivity index (χ3v) is 5.11. The molecule has 3 rings (SSSR count). The van der Waals surface area contributed by atoms with Gasteiger partial charge in [0.1, 0.15) is 17.2 Å². The van der Waals surface area contributed by atoms with Crippen molar-refractivity contribution in [2.45, 2.75) is 12.8 Å². The lowest BCUT2D eigenvalue weighted by molar-refractivity contribution is 0.0630. The van der Waals surface area contributed by atoms with E-state index in [0.29, 0.717) is 31.1 Å². The van der Waals surface area contributed by atoms with Gasteiger partial charge in [-0.1, -0.05) is 12.6 Å². The molecule has 1 aliphatic rings. The van der Waals surface area contributed by atoms with Gasteiger partial charge in [-0.05, 0) is 43.2 Å². The van der Waals surface area contributed by atoms with Crippen LogP contribution in [-0.2, 0) is 0 Å². The first-order valence-corrected chi connectivity index (χ1v) is 9.60. The lowest BCUT2D eigenvalue weighted by Gasteiger charge is -2.33. The van der Waals surface area contributed by atoms with Crippen molar-refractivity contribution in [3.8, 4) is 17.2 Å². The van der Waals surface area contributed by atoms with Crippen LogP contribution >= 0.6 is 0 Å². The quantitative estimate of drug-likeness (QED) is 0.558. The Bertz CT molecular complexity index is 913. The van der Waals surface area contributed by atoms with Gasteiger partial charge in [0, 0.05) is 37.4 Å². The molecule has 7 heteroatoms. The molecule has 1 unspecified atom stereocenters. The zero-order valence-electron chi connectivity index (χ0n) is 16.5. The molecule has 0 aromatic heterocycles. The summed E-state index contributed by atoms with van der Waals surface area (Å²) in [7, 11) is 1.81. The fourth-order valence-corrected chi connectivity index (χ4v) is 3.65. The van der Waals surface area contributed by atoms with Crippen molar-refractivity contribution in [2.24, 2.45) is 11.7 Å². The van der Waals surface area contributed by atoms with E-state index in [2.05, 4.69) is 11.9 Å². The SMILES string of the molecule is C=C(N)c1c(NC)cccc1OCC1CCCN(C(=O)c2cc(O)ccc2O)C1.